The Morgan fingerprint density at radius 2 is 0.392 bits per heavy atom. The lowest BCUT2D eigenvalue weighted by Gasteiger charge is -2.46. The Balaban J connectivity index is 0. The van der Waals surface area contributed by atoms with Gasteiger partial charge in [-0.15, -0.1) is 0 Å². The van der Waals surface area contributed by atoms with E-state index in [1.807, 2.05) is 0 Å². The predicted molar refractivity (Wildman–Crippen MR) is 474 cm³/mol. The quantitative estimate of drug-likeness (QED) is 0.0533. The molecule has 0 bridgehead atoms. The fourth-order valence-electron chi connectivity index (χ4n) is 20.4. The minimum Gasteiger partial charge on any atom is -0.0654 e. The average molecular weight is 1430 g/mol. The van der Waals surface area contributed by atoms with E-state index in [-0.39, 0.29) is 0 Å². The van der Waals surface area contributed by atoms with E-state index < -0.39 is 0 Å². The summed E-state index contributed by atoms with van der Waals surface area (Å²) in [5, 5.41) is 0. The molecule has 0 aliphatic rings. The number of unbranched alkanes of at least 4 members (excludes halogenated alkanes) is 44. The van der Waals surface area contributed by atoms with Crippen LogP contribution in [-0.4, -0.2) is 0 Å². The third-order valence-electron chi connectivity index (χ3n) is 26.9. The van der Waals surface area contributed by atoms with Gasteiger partial charge in [0.1, 0.15) is 0 Å². The van der Waals surface area contributed by atoms with Gasteiger partial charge in [-0.05, 0) is 122 Å². The Morgan fingerprint density at radius 1 is 0.157 bits per heavy atom. The number of hydrogen-bond acceptors (Lipinski definition) is 0. The van der Waals surface area contributed by atoms with Gasteiger partial charge in [-0.1, -0.05) is 535 Å². The molecule has 0 spiro atoms. The summed E-state index contributed by atoms with van der Waals surface area (Å²) in [4.78, 5) is 0. The summed E-state index contributed by atoms with van der Waals surface area (Å²) < 4.78 is 0. The maximum absolute atomic E-state index is 2.83. The van der Waals surface area contributed by atoms with Crippen molar-refractivity contribution in [3.05, 3.63) is 0 Å². The van der Waals surface area contributed by atoms with Crippen molar-refractivity contribution in [3.8, 4) is 0 Å². The molecule has 12 atom stereocenters. The first-order valence-corrected chi connectivity index (χ1v) is 49.9. The summed E-state index contributed by atoms with van der Waals surface area (Å²) >= 11 is 0. The third kappa shape index (κ3) is 62.7. The van der Waals surface area contributed by atoms with Gasteiger partial charge in [-0.25, -0.2) is 0 Å². The lowest BCUT2D eigenvalue weighted by molar-refractivity contribution is 0.0333. The van der Waals surface area contributed by atoms with E-state index in [0.29, 0.717) is 0 Å². The van der Waals surface area contributed by atoms with Gasteiger partial charge in [0, 0.05) is 0 Å². The molecule has 0 aromatic rings. The minimum atomic E-state index is 0.874. The Labute approximate surface area is 653 Å². The monoisotopic (exact) mass is 1430 g/mol. The summed E-state index contributed by atoms with van der Waals surface area (Å²) in [6.45, 7) is 42.2. The molecule has 0 fully saturated rings. The minimum absolute atomic E-state index is 0.874. The van der Waals surface area contributed by atoms with Crippen molar-refractivity contribution in [1.82, 2.24) is 0 Å². The van der Waals surface area contributed by atoms with Crippen molar-refractivity contribution in [1.29, 1.82) is 0 Å². The molecule has 0 aliphatic heterocycles. The molecule has 0 aromatic heterocycles. The molecule has 0 amide bonds. The maximum atomic E-state index is 2.83. The van der Waals surface area contributed by atoms with Crippen LogP contribution in [-0.2, 0) is 0 Å². The topological polar surface area (TPSA) is 0 Å². The molecule has 616 valence electrons. The van der Waals surface area contributed by atoms with Crippen LogP contribution >= 0.6 is 0 Å². The van der Waals surface area contributed by atoms with E-state index in [1.165, 1.54) is 449 Å². The number of rotatable bonds is 83. The largest absolute Gasteiger partial charge is 0.0654 e. The van der Waals surface area contributed by atoms with E-state index in [1.54, 1.807) is 12.8 Å². The van der Waals surface area contributed by atoms with Gasteiger partial charge in [0.15, 0.2) is 0 Å². The molecule has 0 radical (unpaired) electrons. The molecule has 0 saturated heterocycles. The van der Waals surface area contributed by atoms with Crippen LogP contribution in [0.5, 0.6) is 0 Å². The van der Waals surface area contributed by atoms with Crippen LogP contribution in [0.2, 0.25) is 0 Å². The molecule has 0 heteroatoms. The lowest BCUT2D eigenvalue weighted by atomic mass is 9.59. The van der Waals surface area contributed by atoms with Crippen LogP contribution < -0.4 is 0 Å². The van der Waals surface area contributed by atoms with Gasteiger partial charge in [0.05, 0.1) is 0 Å². The first-order chi connectivity index (χ1) is 49.9. The zero-order valence-electron chi connectivity index (χ0n) is 75.4. The maximum Gasteiger partial charge on any atom is -0.0352 e. The van der Waals surface area contributed by atoms with Crippen LogP contribution in [0.1, 0.15) is 580 Å². The van der Waals surface area contributed by atoms with E-state index in [2.05, 4.69) is 118 Å². The zero-order chi connectivity index (χ0) is 75.4. The molecule has 0 aliphatic carbocycles. The highest BCUT2D eigenvalue weighted by Crippen LogP contribution is 2.49. The second-order valence-corrected chi connectivity index (χ2v) is 36.7. The van der Waals surface area contributed by atoms with Crippen LogP contribution in [0.25, 0.3) is 0 Å². The van der Waals surface area contributed by atoms with E-state index in [0.717, 1.165) is 76.9 Å². The predicted octanol–water partition coefficient (Wildman–Crippen LogP) is 38.4. The molecule has 0 saturated carbocycles. The second kappa shape index (κ2) is 82.0. The molecule has 0 nitrogen and oxygen atoms in total. The van der Waals surface area contributed by atoms with Gasteiger partial charge in [-0.3, -0.25) is 0 Å². The Morgan fingerprint density at radius 3 is 0.716 bits per heavy atom. The summed E-state index contributed by atoms with van der Waals surface area (Å²) in [5.41, 5.74) is 0. The van der Waals surface area contributed by atoms with Crippen molar-refractivity contribution in [3.63, 3.8) is 0 Å². The van der Waals surface area contributed by atoms with Crippen LogP contribution in [0.3, 0.4) is 0 Å². The molecular weight excluding hydrogens is 1230 g/mol. The molecule has 0 heterocycles. The molecule has 0 N–H and O–H groups in total. The standard InChI is InChI=1S/2C51H104/c1-11-19-24-28-31-34-39-44(9)47(18-8)51(43-36-27-22-14-4)50(38-16-6)49(42-33-23-15-5)45(10)48(41-37-32-29-25-20-12-2)46(17-7)40-35-30-26-21-13-3;1-8-13-18-23-28-33-38-47(6)43-49(40-35-30-25-20-15-10-3)45-51(42-37-32-27-22-17-12-5)46-50(41-36-31-26-21-16-11-4)44-48(7)39-34-29-24-19-14-9-2/h44-51H,11-43H2,1-10H3;47-51H,8-46H2,1-7H3. The highest BCUT2D eigenvalue weighted by atomic mass is 14.5. The van der Waals surface area contributed by atoms with E-state index >= 15 is 0 Å². The van der Waals surface area contributed by atoms with E-state index in [9.17, 15) is 0 Å². The lowest BCUT2D eigenvalue weighted by Crippen LogP contribution is -2.38. The fraction of sp³-hybridized carbons (Fsp3) is 1.00. The highest BCUT2D eigenvalue weighted by molar-refractivity contribution is 4.90. The first-order valence-electron chi connectivity index (χ1n) is 49.9. The van der Waals surface area contributed by atoms with E-state index in [4.69, 9.17) is 0 Å². The SMILES string of the molecule is CCCCCCCCC(C)C(CC)C(CCCCCC)C(CCC)C(CCCCC)C(C)C(CCCCCCCC)C(CC)CCCCCCC.CCCCCCCCC(C)CC(CCCCCCCC)CC(CCCCCCCC)CC(CCCCCCCC)CC(C)CCCCCCCC. The summed E-state index contributed by atoms with van der Waals surface area (Å²) in [6.07, 6.45) is 105. The number of hydrogen-bond donors (Lipinski definition) is 0. The summed E-state index contributed by atoms with van der Waals surface area (Å²) in [6, 6.07) is 0. The van der Waals surface area contributed by atoms with Gasteiger partial charge in [-0.2, -0.15) is 0 Å². The van der Waals surface area contributed by atoms with Crippen LogP contribution in [0, 0.1) is 76.9 Å². The average Bonchev–Trinajstić information content (AvgIpc) is 0.809. The molecule has 0 aromatic carbocycles. The van der Waals surface area contributed by atoms with Crippen LogP contribution in [0.4, 0.5) is 0 Å². The Hall–Kier alpha value is 0. The normalized spacial score (nSPS) is 15.9. The third-order valence-corrected chi connectivity index (χ3v) is 26.9. The smallest absolute Gasteiger partial charge is 0.0352 e. The van der Waals surface area contributed by atoms with Crippen molar-refractivity contribution in [2.75, 3.05) is 0 Å². The Kier molecular flexibility index (Phi) is 83.6. The van der Waals surface area contributed by atoms with Gasteiger partial charge in [0.25, 0.3) is 0 Å². The van der Waals surface area contributed by atoms with Crippen molar-refractivity contribution < 1.29 is 0 Å². The molecule has 0 rings (SSSR count). The summed E-state index contributed by atoms with van der Waals surface area (Å²) in [7, 11) is 0. The molecule has 102 heavy (non-hydrogen) atoms. The van der Waals surface area contributed by atoms with Crippen molar-refractivity contribution in [2.45, 2.75) is 580 Å². The summed E-state index contributed by atoms with van der Waals surface area (Å²) in [5.74, 6) is 12.1. The first kappa shape index (κ1) is 104. The van der Waals surface area contributed by atoms with Crippen LogP contribution in [0.15, 0.2) is 0 Å². The van der Waals surface area contributed by atoms with Crippen molar-refractivity contribution >= 4 is 0 Å². The van der Waals surface area contributed by atoms with Gasteiger partial charge < -0.3 is 0 Å². The van der Waals surface area contributed by atoms with Gasteiger partial charge in [0.2, 0.25) is 0 Å². The highest BCUT2D eigenvalue weighted by Gasteiger charge is 2.40. The fourth-order valence-corrected chi connectivity index (χ4v) is 20.4. The Bertz CT molecular complexity index is 1460. The second-order valence-electron chi connectivity index (χ2n) is 36.7. The zero-order valence-corrected chi connectivity index (χ0v) is 75.4. The van der Waals surface area contributed by atoms with Gasteiger partial charge >= 0.3 is 0 Å². The molecular formula is C102H208. The van der Waals surface area contributed by atoms with Crippen molar-refractivity contribution in [2.24, 2.45) is 76.9 Å². The molecule has 12 unspecified atom stereocenters.